The molecule has 12 heavy (non-hydrogen) atoms. The van der Waals surface area contributed by atoms with E-state index >= 15 is 0 Å². The van der Waals surface area contributed by atoms with Crippen LogP contribution in [0.25, 0.3) is 0 Å². The van der Waals surface area contributed by atoms with Crippen molar-refractivity contribution < 1.29 is 9.90 Å². The number of hydrogen-bond acceptors (Lipinski definition) is 4. The van der Waals surface area contributed by atoms with Gasteiger partial charge in [-0.3, -0.25) is 0 Å². The molecule has 0 aliphatic heterocycles. The fourth-order valence-corrected chi connectivity index (χ4v) is 0.684. The molecule has 0 saturated carbocycles. The number of carboxylic acids is 1. The topological polar surface area (TPSA) is 89.1 Å². The number of nitrogens with zero attached hydrogens (tertiary/aromatic N) is 2. The molecule has 1 heterocycles. The summed E-state index contributed by atoms with van der Waals surface area (Å²) in [5, 5.41) is 8.50. The van der Waals surface area contributed by atoms with Gasteiger partial charge in [-0.2, -0.15) is 0 Å². The lowest BCUT2D eigenvalue weighted by Crippen LogP contribution is -2.10. The van der Waals surface area contributed by atoms with E-state index in [0.29, 0.717) is 5.82 Å². The standard InChI is InChI=1S/C7H9N3O2/c1-4(8)6-9-2-5(3-10-6)7(11)12/h2-4H,8H2,1H3,(H,11,12)/t4-/m0/s1. The zero-order chi connectivity index (χ0) is 9.14. The number of carbonyl (C=O) groups is 1. The van der Waals surface area contributed by atoms with Gasteiger partial charge in [0, 0.05) is 12.4 Å². The zero-order valence-corrected chi connectivity index (χ0v) is 6.56. The lowest BCUT2D eigenvalue weighted by atomic mass is 10.3. The van der Waals surface area contributed by atoms with E-state index in [1.165, 1.54) is 12.4 Å². The minimum absolute atomic E-state index is 0.0689. The molecule has 1 aromatic heterocycles. The van der Waals surface area contributed by atoms with Crippen molar-refractivity contribution >= 4 is 5.97 Å². The fourth-order valence-electron chi connectivity index (χ4n) is 0.684. The first-order valence-corrected chi connectivity index (χ1v) is 3.42. The number of aromatic carboxylic acids is 1. The molecule has 0 aliphatic rings. The van der Waals surface area contributed by atoms with E-state index in [1.807, 2.05) is 0 Å². The molecular formula is C7H9N3O2. The van der Waals surface area contributed by atoms with Crippen LogP contribution in [-0.4, -0.2) is 21.0 Å². The molecule has 0 aromatic carbocycles. The smallest absolute Gasteiger partial charge is 0.338 e. The normalized spacial score (nSPS) is 12.5. The molecule has 0 radical (unpaired) electrons. The minimum atomic E-state index is -1.04. The Hall–Kier alpha value is -1.49. The van der Waals surface area contributed by atoms with Gasteiger partial charge in [0.15, 0.2) is 0 Å². The third-order valence-electron chi connectivity index (χ3n) is 1.33. The molecule has 3 N–H and O–H groups in total. The fraction of sp³-hybridized carbons (Fsp3) is 0.286. The third-order valence-corrected chi connectivity index (χ3v) is 1.33. The van der Waals surface area contributed by atoms with Crippen LogP contribution in [0, 0.1) is 0 Å². The van der Waals surface area contributed by atoms with E-state index in [9.17, 15) is 4.79 Å². The third kappa shape index (κ3) is 1.76. The molecular weight excluding hydrogens is 158 g/mol. The first-order chi connectivity index (χ1) is 5.61. The molecule has 0 unspecified atom stereocenters. The molecule has 0 amide bonds. The molecule has 1 aromatic rings. The van der Waals surface area contributed by atoms with Gasteiger partial charge < -0.3 is 10.8 Å². The Morgan fingerprint density at radius 3 is 2.42 bits per heavy atom. The molecule has 0 saturated heterocycles. The number of hydrogen-bond donors (Lipinski definition) is 2. The van der Waals surface area contributed by atoms with Crippen molar-refractivity contribution in [2.75, 3.05) is 0 Å². The molecule has 5 heteroatoms. The Balaban J connectivity index is 2.93. The summed E-state index contributed by atoms with van der Waals surface area (Å²) >= 11 is 0. The van der Waals surface area contributed by atoms with Crippen LogP contribution in [0.15, 0.2) is 12.4 Å². The summed E-state index contributed by atoms with van der Waals surface area (Å²) in [5.41, 5.74) is 5.54. The molecule has 0 aliphatic carbocycles. The Labute approximate surface area is 69.3 Å². The number of carboxylic acid groups (broad SMARTS) is 1. The van der Waals surface area contributed by atoms with Gasteiger partial charge in [0.25, 0.3) is 0 Å². The van der Waals surface area contributed by atoms with Crippen molar-refractivity contribution in [1.29, 1.82) is 0 Å². The lowest BCUT2D eigenvalue weighted by Gasteiger charge is -2.01. The largest absolute Gasteiger partial charge is 0.478 e. The molecule has 0 fully saturated rings. The number of nitrogens with two attached hydrogens (primary N) is 1. The van der Waals surface area contributed by atoms with Crippen molar-refractivity contribution in [3.05, 3.63) is 23.8 Å². The van der Waals surface area contributed by atoms with E-state index in [0.717, 1.165) is 0 Å². The first-order valence-electron chi connectivity index (χ1n) is 3.42. The van der Waals surface area contributed by atoms with Gasteiger partial charge in [0.1, 0.15) is 5.82 Å². The summed E-state index contributed by atoms with van der Waals surface area (Å²) in [6.07, 6.45) is 2.49. The number of aromatic nitrogens is 2. The van der Waals surface area contributed by atoms with E-state index < -0.39 is 5.97 Å². The minimum Gasteiger partial charge on any atom is -0.478 e. The monoisotopic (exact) mass is 167 g/mol. The summed E-state index contributed by atoms with van der Waals surface area (Å²) < 4.78 is 0. The van der Waals surface area contributed by atoms with Gasteiger partial charge >= 0.3 is 5.97 Å². The van der Waals surface area contributed by atoms with Gasteiger partial charge in [0.2, 0.25) is 0 Å². The van der Waals surface area contributed by atoms with Crippen molar-refractivity contribution in [3.63, 3.8) is 0 Å². The summed E-state index contributed by atoms with van der Waals surface area (Å²) in [5.74, 6) is -0.591. The van der Waals surface area contributed by atoms with E-state index in [4.69, 9.17) is 10.8 Å². The Morgan fingerprint density at radius 2 is 2.08 bits per heavy atom. The highest BCUT2D eigenvalue weighted by Gasteiger charge is 2.05. The summed E-state index contributed by atoms with van der Waals surface area (Å²) in [6.45, 7) is 1.73. The van der Waals surface area contributed by atoms with E-state index in [1.54, 1.807) is 6.92 Å². The molecule has 1 atom stereocenters. The maximum absolute atomic E-state index is 10.4. The van der Waals surface area contributed by atoms with Crippen molar-refractivity contribution in [1.82, 2.24) is 9.97 Å². The Bertz CT molecular complexity index is 281. The average molecular weight is 167 g/mol. The Kier molecular flexibility index (Phi) is 2.35. The predicted molar refractivity (Wildman–Crippen MR) is 41.6 cm³/mol. The van der Waals surface area contributed by atoms with E-state index in [2.05, 4.69) is 9.97 Å². The van der Waals surface area contributed by atoms with Crippen LogP contribution in [0.2, 0.25) is 0 Å². The SMILES string of the molecule is C[C@H](N)c1ncc(C(=O)O)cn1. The van der Waals surface area contributed by atoms with Gasteiger partial charge in [-0.1, -0.05) is 0 Å². The maximum Gasteiger partial charge on any atom is 0.338 e. The molecule has 1 rings (SSSR count). The van der Waals surface area contributed by atoms with Crippen LogP contribution in [0.1, 0.15) is 29.1 Å². The van der Waals surface area contributed by atoms with Crippen LogP contribution in [0.4, 0.5) is 0 Å². The van der Waals surface area contributed by atoms with Crippen LogP contribution in [-0.2, 0) is 0 Å². The first kappa shape index (κ1) is 8.61. The summed E-state index contributed by atoms with van der Waals surface area (Å²) in [4.78, 5) is 17.9. The van der Waals surface area contributed by atoms with Gasteiger partial charge in [-0.25, -0.2) is 14.8 Å². The summed E-state index contributed by atoms with van der Waals surface area (Å²) in [6, 6.07) is -0.271. The highest BCUT2D eigenvalue weighted by atomic mass is 16.4. The average Bonchev–Trinajstić information content (AvgIpc) is 2.04. The predicted octanol–water partition coefficient (Wildman–Crippen LogP) is 0.195. The second kappa shape index (κ2) is 3.27. The second-order valence-electron chi connectivity index (χ2n) is 2.42. The van der Waals surface area contributed by atoms with Crippen molar-refractivity contribution in [2.24, 2.45) is 5.73 Å². The molecule has 0 spiro atoms. The Morgan fingerprint density at radius 1 is 1.58 bits per heavy atom. The maximum atomic E-state index is 10.4. The highest BCUT2D eigenvalue weighted by molar-refractivity contribution is 5.86. The molecule has 5 nitrogen and oxygen atoms in total. The quantitative estimate of drug-likeness (QED) is 0.656. The van der Waals surface area contributed by atoms with Crippen LogP contribution in [0.5, 0.6) is 0 Å². The van der Waals surface area contributed by atoms with Crippen molar-refractivity contribution in [2.45, 2.75) is 13.0 Å². The van der Waals surface area contributed by atoms with E-state index in [-0.39, 0.29) is 11.6 Å². The van der Waals surface area contributed by atoms with Gasteiger partial charge in [0.05, 0.1) is 11.6 Å². The summed E-state index contributed by atoms with van der Waals surface area (Å²) in [7, 11) is 0. The van der Waals surface area contributed by atoms with Crippen LogP contribution in [0.3, 0.4) is 0 Å². The molecule has 64 valence electrons. The van der Waals surface area contributed by atoms with Gasteiger partial charge in [-0.15, -0.1) is 0 Å². The second-order valence-corrected chi connectivity index (χ2v) is 2.42. The lowest BCUT2D eigenvalue weighted by molar-refractivity contribution is 0.0696. The van der Waals surface area contributed by atoms with Gasteiger partial charge in [-0.05, 0) is 6.92 Å². The zero-order valence-electron chi connectivity index (χ0n) is 6.56. The van der Waals surface area contributed by atoms with Crippen LogP contribution >= 0.6 is 0 Å². The van der Waals surface area contributed by atoms with Crippen LogP contribution < -0.4 is 5.73 Å². The molecule has 0 bridgehead atoms. The highest BCUT2D eigenvalue weighted by Crippen LogP contribution is 2.02. The van der Waals surface area contributed by atoms with Crippen molar-refractivity contribution in [3.8, 4) is 0 Å². The number of rotatable bonds is 2.